The first-order valence-corrected chi connectivity index (χ1v) is 9.67. The third-order valence-corrected chi connectivity index (χ3v) is 5.29. The van der Waals surface area contributed by atoms with E-state index in [1.54, 1.807) is 28.2 Å². The normalized spacial score (nSPS) is 20.4. The second-order valence-electron chi connectivity index (χ2n) is 7.44. The third kappa shape index (κ3) is 4.75. The first kappa shape index (κ1) is 20.0. The van der Waals surface area contributed by atoms with Gasteiger partial charge in [0, 0.05) is 44.0 Å². The SMILES string of the molecule is CCN(C)C(=O)[C@@H]1CC[C@H](NC(=O)c2cccc(-n3cnnc3)c2)CN(C)C1. The highest BCUT2D eigenvalue weighted by Gasteiger charge is 2.29. The number of hydrogen-bond donors (Lipinski definition) is 1. The van der Waals surface area contributed by atoms with E-state index in [0.29, 0.717) is 12.1 Å². The van der Waals surface area contributed by atoms with Crippen LogP contribution in [0.4, 0.5) is 0 Å². The maximum absolute atomic E-state index is 12.8. The van der Waals surface area contributed by atoms with E-state index in [1.807, 2.05) is 39.2 Å². The standard InChI is InChI=1S/C20H28N6O2/c1-4-25(3)20(28)16-8-9-17(12-24(2)11-16)23-19(27)15-6-5-7-18(10-15)26-13-21-22-14-26/h5-7,10,13-14,16-17H,4,8-9,11-12H2,1-3H3,(H,23,27)/t16-,17+/m1/s1. The summed E-state index contributed by atoms with van der Waals surface area (Å²) in [6.07, 6.45) is 4.76. The zero-order valence-electron chi connectivity index (χ0n) is 16.7. The summed E-state index contributed by atoms with van der Waals surface area (Å²) in [7, 11) is 3.85. The number of rotatable bonds is 5. The Balaban J connectivity index is 1.64. The number of aromatic nitrogens is 3. The first-order chi connectivity index (χ1) is 13.5. The van der Waals surface area contributed by atoms with Crippen LogP contribution in [0.1, 0.15) is 30.1 Å². The number of amides is 2. The van der Waals surface area contributed by atoms with Crippen molar-refractivity contribution in [1.29, 1.82) is 0 Å². The lowest BCUT2D eigenvalue weighted by molar-refractivity contribution is -0.134. The Labute approximate surface area is 165 Å². The number of benzene rings is 1. The summed E-state index contributed by atoms with van der Waals surface area (Å²) in [6, 6.07) is 7.38. The first-order valence-electron chi connectivity index (χ1n) is 9.67. The highest BCUT2D eigenvalue weighted by atomic mass is 16.2. The van der Waals surface area contributed by atoms with Crippen LogP contribution in [0, 0.1) is 5.92 Å². The molecule has 28 heavy (non-hydrogen) atoms. The highest BCUT2D eigenvalue weighted by Crippen LogP contribution is 2.19. The molecule has 8 heteroatoms. The van der Waals surface area contributed by atoms with E-state index < -0.39 is 0 Å². The van der Waals surface area contributed by atoms with Crippen molar-refractivity contribution in [2.75, 3.05) is 33.7 Å². The molecule has 1 fully saturated rings. The molecule has 0 saturated carbocycles. The maximum atomic E-state index is 12.8. The van der Waals surface area contributed by atoms with Crippen molar-refractivity contribution < 1.29 is 9.59 Å². The molecule has 2 amide bonds. The van der Waals surface area contributed by atoms with Crippen molar-refractivity contribution >= 4 is 11.8 Å². The minimum atomic E-state index is -0.108. The van der Waals surface area contributed by atoms with Gasteiger partial charge in [0.1, 0.15) is 12.7 Å². The molecule has 1 N–H and O–H groups in total. The van der Waals surface area contributed by atoms with Crippen LogP contribution in [0.3, 0.4) is 0 Å². The van der Waals surface area contributed by atoms with Gasteiger partial charge in [-0.1, -0.05) is 6.07 Å². The van der Waals surface area contributed by atoms with E-state index in [-0.39, 0.29) is 23.8 Å². The predicted molar refractivity (Wildman–Crippen MR) is 106 cm³/mol. The second-order valence-corrected chi connectivity index (χ2v) is 7.44. The monoisotopic (exact) mass is 384 g/mol. The lowest BCUT2D eigenvalue weighted by atomic mass is 10.00. The lowest BCUT2D eigenvalue weighted by Crippen LogP contribution is -2.42. The van der Waals surface area contributed by atoms with Gasteiger partial charge in [0.25, 0.3) is 5.91 Å². The molecular formula is C20H28N6O2. The van der Waals surface area contributed by atoms with Crippen molar-refractivity contribution in [3.63, 3.8) is 0 Å². The van der Waals surface area contributed by atoms with E-state index in [0.717, 1.165) is 31.6 Å². The molecule has 0 spiro atoms. The molecule has 1 aliphatic rings. The van der Waals surface area contributed by atoms with Crippen molar-refractivity contribution in [2.24, 2.45) is 5.92 Å². The molecule has 150 valence electrons. The molecule has 1 aromatic heterocycles. The quantitative estimate of drug-likeness (QED) is 0.837. The average molecular weight is 384 g/mol. The Morgan fingerprint density at radius 2 is 1.96 bits per heavy atom. The largest absolute Gasteiger partial charge is 0.348 e. The summed E-state index contributed by atoms with van der Waals surface area (Å²) >= 11 is 0. The fraction of sp³-hybridized carbons (Fsp3) is 0.500. The van der Waals surface area contributed by atoms with E-state index in [9.17, 15) is 9.59 Å². The van der Waals surface area contributed by atoms with Crippen LogP contribution in [0.5, 0.6) is 0 Å². The summed E-state index contributed by atoms with van der Waals surface area (Å²) in [5, 5.41) is 10.7. The molecule has 8 nitrogen and oxygen atoms in total. The zero-order chi connectivity index (χ0) is 20.1. The van der Waals surface area contributed by atoms with Crippen LogP contribution in [-0.4, -0.2) is 76.2 Å². The Bertz CT molecular complexity index is 807. The summed E-state index contributed by atoms with van der Waals surface area (Å²) in [5.41, 5.74) is 1.43. The van der Waals surface area contributed by atoms with Gasteiger partial charge in [-0.3, -0.25) is 14.2 Å². The Hall–Kier alpha value is -2.74. The van der Waals surface area contributed by atoms with Crippen molar-refractivity contribution in [2.45, 2.75) is 25.8 Å². The van der Waals surface area contributed by atoms with Gasteiger partial charge in [-0.25, -0.2) is 0 Å². The van der Waals surface area contributed by atoms with E-state index in [4.69, 9.17) is 0 Å². The van der Waals surface area contributed by atoms with E-state index in [2.05, 4.69) is 20.4 Å². The lowest BCUT2D eigenvalue weighted by Gasteiger charge is -2.24. The molecule has 0 radical (unpaired) electrons. The summed E-state index contributed by atoms with van der Waals surface area (Å²) < 4.78 is 1.76. The van der Waals surface area contributed by atoms with Gasteiger partial charge >= 0.3 is 0 Å². The Morgan fingerprint density at radius 3 is 2.68 bits per heavy atom. The molecule has 0 unspecified atom stereocenters. The number of nitrogens with one attached hydrogen (secondary N) is 1. The average Bonchev–Trinajstić information content (AvgIpc) is 3.18. The molecule has 0 aliphatic carbocycles. The van der Waals surface area contributed by atoms with Crippen LogP contribution in [-0.2, 0) is 4.79 Å². The smallest absolute Gasteiger partial charge is 0.251 e. The molecule has 3 rings (SSSR count). The van der Waals surface area contributed by atoms with Gasteiger partial charge in [-0.15, -0.1) is 10.2 Å². The summed E-state index contributed by atoms with van der Waals surface area (Å²) in [6.45, 7) is 4.15. The number of carbonyl (C=O) groups excluding carboxylic acids is 2. The minimum Gasteiger partial charge on any atom is -0.348 e. The third-order valence-electron chi connectivity index (χ3n) is 5.29. The molecule has 2 aromatic rings. The van der Waals surface area contributed by atoms with Gasteiger partial charge in [0.15, 0.2) is 0 Å². The molecule has 2 heterocycles. The molecule has 1 saturated heterocycles. The summed E-state index contributed by atoms with van der Waals surface area (Å²) in [5.74, 6) is 0.0562. The molecular weight excluding hydrogens is 356 g/mol. The number of carbonyl (C=O) groups is 2. The van der Waals surface area contributed by atoms with Gasteiger partial charge in [0.2, 0.25) is 5.91 Å². The second kappa shape index (κ2) is 8.97. The Kier molecular flexibility index (Phi) is 6.41. The number of likely N-dealkylation sites (tertiary alicyclic amines) is 1. The fourth-order valence-electron chi connectivity index (χ4n) is 3.61. The minimum absolute atomic E-state index is 0.0146. The molecule has 1 aliphatic heterocycles. The molecule has 1 aromatic carbocycles. The van der Waals surface area contributed by atoms with Gasteiger partial charge < -0.3 is 15.1 Å². The number of nitrogens with zero attached hydrogens (tertiary/aromatic N) is 5. The zero-order valence-corrected chi connectivity index (χ0v) is 16.7. The van der Waals surface area contributed by atoms with Gasteiger partial charge in [0.05, 0.1) is 5.92 Å². The van der Waals surface area contributed by atoms with Crippen LogP contribution in [0.25, 0.3) is 5.69 Å². The van der Waals surface area contributed by atoms with Crippen LogP contribution >= 0.6 is 0 Å². The number of hydrogen-bond acceptors (Lipinski definition) is 5. The fourth-order valence-corrected chi connectivity index (χ4v) is 3.61. The Morgan fingerprint density at radius 1 is 1.21 bits per heavy atom. The van der Waals surface area contributed by atoms with Gasteiger partial charge in [-0.05, 0) is 45.0 Å². The van der Waals surface area contributed by atoms with Crippen molar-refractivity contribution in [3.05, 3.63) is 42.5 Å². The molecule has 0 bridgehead atoms. The van der Waals surface area contributed by atoms with E-state index >= 15 is 0 Å². The topological polar surface area (TPSA) is 83.4 Å². The van der Waals surface area contributed by atoms with Crippen LogP contribution in [0.15, 0.2) is 36.9 Å². The summed E-state index contributed by atoms with van der Waals surface area (Å²) in [4.78, 5) is 29.2. The van der Waals surface area contributed by atoms with Gasteiger partial charge in [-0.2, -0.15) is 0 Å². The van der Waals surface area contributed by atoms with Crippen molar-refractivity contribution in [3.8, 4) is 5.69 Å². The predicted octanol–water partition coefficient (Wildman–Crippen LogP) is 1.19. The highest BCUT2D eigenvalue weighted by molar-refractivity contribution is 5.95. The number of likely N-dealkylation sites (N-methyl/N-ethyl adjacent to an activating group) is 1. The van der Waals surface area contributed by atoms with Crippen molar-refractivity contribution in [1.82, 2.24) is 29.9 Å². The maximum Gasteiger partial charge on any atom is 0.251 e. The van der Waals surface area contributed by atoms with E-state index in [1.165, 1.54) is 0 Å². The van der Waals surface area contributed by atoms with Crippen LogP contribution in [0.2, 0.25) is 0 Å². The van der Waals surface area contributed by atoms with Crippen LogP contribution < -0.4 is 5.32 Å². The molecule has 2 atom stereocenters.